The van der Waals surface area contributed by atoms with E-state index in [-0.39, 0.29) is 11.4 Å². The van der Waals surface area contributed by atoms with Gasteiger partial charge in [0.15, 0.2) is 5.84 Å². The fourth-order valence-corrected chi connectivity index (χ4v) is 5.07. The van der Waals surface area contributed by atoms with E-state index in [1.807, 2.05) is 49.4 Å². The topological polar surface area (TPSA) is 73.8 Å². The summed E-state index contributed by atoms with van der Waals surface area (Å²) in [5.74, 6) is -0.371. The smallest absolute Gasteiger partial charge is 0.283 e. The number of carbonyl (C=O) groups is 1. The van der Waals surface area contributed by atoms with E-state index in [0.717, 1.165) is 39.7 Å². The Morgan fingerprint density at radius 2 is 1.79 bits per heavy atom. The van der Waals surface area contributed by atoms with Gasteiger partial charge in [0.25, 0.3) is 5.91 Å². The number of rotatable bonds is 4. The van der Waals surface area contributed by atoms with Crippen molar-refractivity contribution in [2.45, 2.75) is 27.2 Å². The maximum absolute atomic E-state index is 12.9. The van der Waals surface area contributed by atoms with Gasteiger partial charge in [-0.25, -0.2) is 0 Å². The number of nitrogens with zero attached hydrogens (tertiary/aromatic N) is 4. The van der Waals surface area contributed by atoms with Gasteiger partial charge < -0.3 is 4.57 Å². The van der Waals surface area contributed by atoms with E-state index in [2.05, 4.69) is 46.7 Å². The van der Waals surface area contributed by atoms with Crippen molar-refractivity contribution in [3.63, 3.8) is 0 Å². The second-order valence-corrected chi connectivity index (χ2v) is 8.89. The fraction of sp³-hybridized carbons (Fsp3) is 0.154. The van der Waals surface area contributed by atoms with Crippen molar-refractivity contribution in [1.82, 2.24) is 9.58 Å². The predicted octanol–water partition coefficient (Wildman–Crippen LogP) is 5.32. The maximum atomic E-state index is 12.9. The molecule has 0 aliphatic carbocycles. The molecule has 0 spiro atoms. The summed E-state index contributed by atoms with van der Waals surface area (Å²) < 4.78 is 2.20. The van der Waals surface area contributed by atoms with Gasteiger partial charge in [-0.05, 0) is 61.4 Å². The number of thioether (sulfide) groups is 1. The summed E-state index contributed by atoms with van der Waals surface area (Å²) in [6.45, 7) is 6.24. The first-order valence-electron chi connectivity index (χ1n) is 10.8. The van der Waals surface area contributed by atoms with Crippen LogP contribution in [-0.4, -0.2) is 31.5 Å². The predicted molar refractivity (Wildman–Crippen MR) is 135 cm³/mol. The van der Waals surface area contributed by atoms with Gasteiger partial charge >= 0.3 is 0 Å². The molecule has 0 fully saturated rings. The second-order valence-electron chi connectivity index (χ2n) is 7.94. The van der Waals surface area contributed by atoms with Crippen LogP contribution >= 0.6 is 11.8 Å². The van der Waals surface area contributed by atoms with Gasteiger partial charge in [0.05, 0.1) is 5.57 Å². The highest BCUT2D eigenvalue weighted by atomic mass is 32.2. The number of hydrogen-bond donors (Lipinski definition) is 1. The summed E-state index contributed by atoms with van der Waals surface area (Å²) >= 11 is 1.31. The number of para-hydroxylation sites is 1. The van der Waals surface area contributed by atoms with Crippen molar-refractivity contribution in [2.24, 2.45) is 10.1 Å². The summed E-state index contributed by atoms with van der Waals surface area (Å²) in [4.78, 5) is 17.1. The van der Waals surface area contributed by atoms with Crippen molar-refractivity contribution in [1.29, 1.82) is 5.41 Å². The van der Waals surface area contributed by atoms with Crippen molar-refractivity contribution < 1.29 is 4.79 Å². The summed E-state index contributed by atoms with van der Waals surface area (Å²) in [5, 5.41) is 15.9. The lowest BCUT2D eigenvalue weighted by atomic mass is 10.1. The first-order chi connectivity index (χ1) is 16.0. The highest BCUT2D eigenvalue weighted by Crippen LogP contribution is 2.32. The van der Waals surface area contributed by atoms with Gasteiger partial charge in [0.1, 0.15) is 5.04 Å². The van der Waals surface area contributed by atoms with E-state index in [1.54, 1.807) is 6.08 Å². The molecule has 1 N–H and O–H groups in total. The quantitative estimate of drug-likeness (QED) is 0.543. The number of aliphatic imine (C=N–C) groups is 1. The molecule has 0 atom stereocenters. The first-order valence-corrected chi connectivity index (χ1v) is 11.6. The summed E-state index contributed by atoms with van der Waals surface area (Å²) in [6, 6.07) is 20.1. The molecule has 0 saturated carbocycles. The SMILES string of the molecule is CCc1ccccc1-n1c(C)cc(/C=C2\C(=N)N3N=C(c4ccccc4)SC3=NC2=O)c1C. The van der Waals surface area contributed by atoms with Crippen LogP contribution in [-0.2, 0) is 11.2 Å². The lowest BCUT2D eigenvalue weighted by Gasteiger charge is -2.20. The average Bonchev–Trinajstić information content (AvgIpc) is 3.37. The van der Waals surface area contributed by atoms with Gasteiger partial charge in [-0.1, -0.05) is 55.5 Å². The monoisotopic (exact) mass is 453 g/mol. The van der Waals surface area contributed by atoms with Crippen molar-refractivity contribution >= 4 is 39.8 Å². The van der Waals surface area contributed by atoms with E-state index in [0.29, 0.717) is 5.17 Å². The molecule has 1 aromatic heterocycles. The van der Waals surface area contributed by atoms with Gasteiger partial charge in [-0.15, -0.1) is 0 Å². The zero-order valence-corrected chi connectivity index (χ0v) is 19.5. The number of fused-ring (bicyclic) bond motifs is 1. The number of benzene rings is 2. The molecule has 164 valence electrons. The first kappa shape index (κ1) is 21.2. The lowest BCUT2D eigenvalue weighted by Crippen LogP contribution is -2.35. The standard InChI is InChI=1S/C26H23N5OS/c1-4-18-10-8-9-13-22(18)30-16(2)14-20(17(30)3)15-21-23(27)31-26(28-24(21)32)33-25(29-31)19-11-6-5-7-12-19/h5-15,27H,4H2,1-3H3/b21-15+,27-23?. The van der Waals surface area contributed by atoms with Crippen LogP contribution in [0.5, 0.6) is 0 Å². The molecular weight excluding hydrogens is 430 g/mol. The van der Waals surface area contributed by atoms with Gasteiger partial charge in [-0.2, -0.15) is 15.1 Å². The third kappa shape index (κ3) is 3.64. The number of carbonyl (C=O) groups excluding carboxylic acids is 1. The Balaban J connectivity index is 1.53. The highest BCUT2D eigenvalue weighted by Gasteiger charge is 2.36. The van der Waals surface area contributed by atoms with Crippen LogP contribution in [0.3, 0.4) is 0 Å². The molecule has 0 unspecified atom stereocenters. The zero-order valence-electron chi connectivity index (χ0n) is 18.7. The molecule has 0 radical (unpaired) electrons. The largest absolute Gasteiger partial charge is 0.318 e. The molecule has 5 rings (SSSR count). The average molecular weight is 454 g/mol. The molecule has 6 nitrogen and oxygen atoms in total. The number of hydrazone groups is 1. The van der Waals surface area contributed by atoms with Crippen LogP contribution < -0.4 is 0 Å². The Bertz CT molecular complexity index is 1380. The van der Waals surface area contributed by atoms with Gasteiger partial charge in [0.2, 0.25) is 5.17 Å². The van der Waals surface area contributed by atoms with Crippen LogP contribution in [0.1, 0.15) is 35.0 Å². The third-order valence-electron chi connectivity index (χ3n) is 5.86. The number of hydrogen-bond acceptors (Lipinski definition) is 4. The molecule has 0 bridgehead atoms. The Morgan fingerprint density at radius 3 is 2.55 bits per heavy atom. The minimum Gasteiger partial charge on any atom is -0.318 e. The number of amidine groups is 2. The molecule has 2 aliphatic heterocycles. The van der Waals surface area contributed by atoms with E-state index < -0.39 is 5.91 Å². The molecule has 2 aromatic carbocycles. The summed E-state index contributed by atoms with van der Waals surface area (Å²) in [5.41, 5.74) is 6.54. The molecule has 3 aromatic rings. The molecule has 1 amide bonds. The molecule has 33 heavy (non-hydrogen) atoms. The Hall–Kier alpha value is -3.71. The Kier molecular flexibility index (Phi) is 5.34. The zero-order chi connectivity index (χ0) is 23.1. The van der Waals surface area contributed by atoms with Crippen LogP contribution in [0.15, 0.2) is 76.3 Å². The van der Waals surface area contributed by atoms with Gasteiger partial charge in [0, 0.05) is 22.6 Å². The van der Waals surface area contributed by atoms with E-state index >= 15 is 0 Å². The number of aromatic nitrogens is 1. The fourth-order valence-electron chi connectivity index (χ4n) is 4.18. The number of nitrogens with one attached hydrogen (secondary N) is 1. The summed E-state index contributed by atoms with van der Waals surface area (Å²) in [7, 11) is 0. The minimum atomic E-state index is -0.415. The highest BCUT2D eigenvalue weighted by molar-refractivity contribution is 8.27. The van der Waals surface area contributed by atoms with Crippen molar-refractivity contribution in [3.05, 3.63) is 94.3 Å². The van der Waals surface area contributed by atoms with Crippen molar-refractivity contribution in [3.8, 4) is 5.69 Å². The van der Waals surface area contributed by atoms with Crippen molar-refractivity contribution in [2.75, 3.05) is 0 Å². The third-order valence-corrected chi connectivity index (χ3v) is 6.82. The minimum absolute atomic E-state index is 0.0437. The molecule has 2 aliphatic rings. The van der Waals surface area contributed by atoms with Crippen LogP contribution in [0.4, 0.5) is 0 Å². The second kappa shape index (κ2) is 8.33. The lowest BCUT2D eigenvalue weighted by molar-refractivity contribution is -0.114. The Labute approximate surface area is 196 Å². The number of aryl methyl sites for hydroxylation is 2. The summed E-state index contributed by atoms with van der Waals surface area (Å²) in [6.07, 6.45) is 2.69. The van der Waals surface area contributed by atoms with E-state index in [9.17, 15) is 4.79 Å². The normalized spacial score (nSPS) is 16.8. The Morgan fingerprint density at radius 1 is 1.06 bits per heavy atom. The van der Waals surface area contributed by atoms with Crippen LogP contribution in [0.25, 0.3) is 11.8 Å². The van der Waals surface area contributed by atoms with Gasteiger partial charge in [-0.3, -0.25) is 10.2 Å². The molecule has 0 saturated heterocycles. The molecule has 3 heterocycles. The van der Waals surface area contributed by atoms with E-state index in [1.165, 1.54) is 22.3 Å². The molecular formula is C26H23N5OS. The van der Waals surface area contributed by atoms with Crippen LogP contribution in [0.2, 0.25) is 0 Å². The maximum Gasteiger partial charge on any atom is 0.283 e. The number of amides is 1. The van der Waals surface area contributed by atoms with E-state index in [4.69, 9.17) is 5.41 Å². The van der Waals surface area contributed by atoms with Crippen LogP contribution in [0, 0.1) is 19.3 Å². The molecule has 7 heteroatoms.